The number of hydrogen-bond acceptors (Lipinski definition) is 4. The minimum atomic E-state index is -4.56. The third kappa shape index (κ3) is 3.50. The fourth-order valence-electron chi connectivity index (χ4n) is 1.97. The topological polar surface area (TPSA) is 48.2 Å². The maximum absolute atomic E-state index is 12.8. The molecule has 0 aliphatic rings. The zero-order chi connectivity index (χ0) is 16.3. The van der Waals surface area contributed by atoms with E-state index >= 15 is 0 Å². The van der Waals surface area contributed by atoms with Crippen molar-refractivity contribution < 1.29 is 22.3 Å². The zero-order valence-corrected chi connectivity index (χ0v) is 11.7. The summed E-state index contributed by atoms with van der Waals surface area (Å²) in [6.07, 6.45) is -0.890. The van der Waals surface area contributed by atoms with Crippen molar-refractivity contribution in [2.24, 2.45) is 0 Å². The molecule has 4 nitrogen and oxygen atoms in total. The van der Waals surface area contributed by atoms with Gasteiger partial charge < -0.3 is 9.15 Å². The highest BCUT2D eigenvalue weighted by Crippen LogP contribution is 2.35. The molecule has 0 aliphatic heterocycles. The van der Waals surface area contributed by atoms with Gasteiger partial charge in [0.1, 0.15) is 18.6 Å². The van der Waals surface area contributed by atoms with Gasteiger partial charge in [0, 0.05) is 0 Å². The molecule has 0 spiro atoms. The highest BCUT2D eigenvalue weighted by atomic mass is 19.4. The van der Waals surface area contributed by atoms with Gasteiger partial charge in [-0.2, -0.15) is 13.2 Å². The molecule has 0 fully saturated rings. The molecule has 7 heteroatoms. The molecule has 0 atom stereocenters. The summed E-state index contributed by atoms with van der Waals surface area (Å²) >= 11 is 0. The minimum absolute atomic E-state index is 0.0426. The second kappa shape index (κ2) is 6.12. The predicted octanol–water partition coefficient (Wildman–Crippen LogP) is 4.33. The minimum Gasteiger partial charge on any atom is -0.486 e. The SMILES string of the molecule is FC(F)(F)c1cc(-c2ncco2)c(OCc2ccccc2)cn1. The Morgan fingerprint density at radius 2 is 1.87 bits per heavy atom. The molecule has 23 heavy (non-hydrogen) atoms. The van der Waals surface area contributed by atoms with Crippen LogP contribution in [0.3, 0.4) is 0 Å². The lowest BCUT2D eigenvalue weighted by molar-refractivity contribution is -0.141. The number of benzene rings is 1. The van der Waals surface area contributed by atoms with Crippen LogP contribution in [0.1, 0.15) is 11.3 Å². The summed E-state index contributed by atoms with van der Waals surface area (Å²) in [5.74, 6) is 0.213. The van der Waals surface area contributed by atoms with Crippen LogP contribution in [0.2, 0.25) is 0 Å². The lowest BCUT2D eigenvalue weighted by Gasteiger charge is -2.12. The van der Waals surface area contributed by atoms with E-state index in [4.69, 9.17) is 9.15 Å². The first-order valence-electron chi connectivity index (χ1n) is 6.68. The normalized spacial score (nSPS) is 11.4. The zero-order valence-electron chi connectivity index (χ0n) is 11.7. The van der Waals surface area contributed by atoms with Crippen molar-refractivity contribution in [3.05, 3.63) is 66.3 Å². The molecule has 3 rings (SSSR count). The van der Waals surface area contributed by atoms with Crippen LogP contribution in [0.15, 0.2) is 59.5 Å². The Labute approximate surface area is 129 Å². The maximum atomic E-state index is 12.8. The number of pyridine rings is 1. The van der Waals surface area contributed by atoms with Crippen molar-refractivity contribution in [2.45, 2.75) is 12.8 Å². The van der Waals surface area contributed by atoms with Gasteiger partial charge in [-0.05, 0) is 11.6 Å². The van der Waals surface area contributed by atoms with Crippen LogP contribution in [-0.4, -0.2) is 9.97 Å². The van der Waals surface area contributed by atoms with Crippen molar-refractivity contribution in [3.63, 3.8) is 0 Å². The molecular weight excluding hydrogens is 309 g/mol. The van der Waals surface area contributed by atoms with E-state index in [1.165, 1.54) is 12.5 Å². The van der Waals surface area contributed by atoms with Gasteiger partial charge in [0.2, 0.25) is 5.89 Å². The van der Waals surface area contributed by atoms with Gasteiger partial charge in [0.05, 0.1) is 18.0 Å². The van der Waals surface area contributed by atoms with Crippen LogP contribution in [0, 0.1) is 0 Å². The molecular formula is C16H11F3N2O2. The highest BCUT2D eigenvalue weighted by Gasteiger charge is 2.33. The number of rotatable bonds is 4. The Hall–Kier alpha value is -2.83. The first-order chi connectivity index (χ1) is 11.0. The lowest BCUT2D eigenvalue weighted by Crippen LogP contribution is -2.09. The molecule has 2 heterocycles. The fraction of sp³-hybridized carbons (Fsp3) is 0.125. The van der Waals surface area contributed by atoms with E-state index in [0.717, 1.165) is 17.8 Å². The van der Waals surface area contributed by atoms with Gasteiger partial charge >= 0.3 is 6.18 Å². The molecule has 0 bridgehead atoms. The van der Waals surface area contributed by atoms with E-state index in [-0.39, 0.29) is 23.8 Å². The second-order valence-corrected chi connectivity index (χ2v) is 4.67. The van der Waals surface area contributed by atoms with Gasteiger partial charge in [-0.15, -0.1) is 0 Å². The third-order valence-electron chi connectivity index (χ3n) is 3.06. The average molecular weight is 320 g/mol. The first kappa shape index (κ1) is 15.1. The Morgan fingerprint density at radius 1 is 1.09 bits per heavy atom. The molecule has 2 aromatic heterocycles. The Kier molecular flexibility index (Phi) is 4.01. The summed E-state index contributed by atoms with van der Waals surface area (Å²) in [4.78, 5) is 7.30. The van der Waals surface area contributed by atoms with Gasteiger partial charge in [0.15, 0.2) is 5.75 Å². The van der Waals surface area contributed by atoms with Crippen molar-refractivity contribution in [1.29, 1.82) is 0 Å². The van der Waals surface area contributed by atoms with E-state index in [9.17, 15) is 13.2 Å². The van der Waals surface area contributed by atoms with Crippen molar-refractivity contribution >= 4 is 0 Å². The molecule has 0 saturated heterocycles. The van der Waals surface area contributed by atoms with Gasteiger partial charge in [-0.3, -0.25) is 0 Å². The van der Waals surface area contributed by atoms with Crippen LogP contribution in [-0.2, 0) is 12.8 Å². The third-order valence-corrected chi connectivity index (χ3v) is 3.06. The van der Waals surface area contributed by atoms with Crippen LogP contribution < -0.4 is 4.74 Å². The number of alkyl halides is 3. The van der Waals surface area contributed by atoms with Crippen molar-refractivity contribution in [1.82, 2.24) is 9.97 Å². The molecule has 0 aliphatic carbocycles. The van der Waals surface area contributed by atoms with Crippen LogP contribution in [0.5, 0.6) is 5.75 Å². The Balaban J connectivity index is 1.93. The molecule has 1 aromatic carbocycles. The largest absolute Gasteiger partial charge is 0.486 e. The average Bonchev–Trinajstić information content (AvgIpc) is 3.07. The summed E-state index contributed by atoms with van der Waals surface area (Å²) in [6.45, 7) is 0.196. The summed E-state index contributed by atoms with van der Waals surface area (Å²) in [5, 5.41) is 0. The smallest absolute Gasteiger partial charge is 0.433 e. The summed E-state index contributed by atoms with van der Waals surface area (Å²) in [5.41, 5.74) is -0.0447. The molecule has 0 radical (unpaired) electrons. The molecule has 0 saturated carbocycles. The van der Waals surface area contributed by atoms with Gasteiger partial charge in [-0.25, -0.2) is 9.97 Å². The van der Waals surface area contributed by atoms with E-state index in [1.54, 1.807) is 0 Å². The maximum Gasteiger partial charge on any atom is 0.433 e. The fourth-order valence-corrected chi connectivity index (χ4v) is 1.97. The molecule has 0 unspecified atom stereocenters. The van der Waals surface area contributed by atoms with E-state index in [2.05, 4.69) is 9.97 Å². The summed E-state index contributed by atoms with van der Waals surface area (Å²) < 4.78 is 49.2. The number of hydrogen-bond donors (Lipinski definition) is 0. The van der Waals surface area contributed by atoms with Gasteiger partial charge in [0.25, 0.3) is 0 Å². The summed E-state index contributed by atoms with van der Waals surface area (Å²) in [7, 11) is 0. The first-order valence-corrected chi connectivity index (χ1v) is 6.68. The van der Waals surface area contributed by atoms with Crippen LogP contribution in [0.4, 0.5) is 13.2 Å². The molecule has 118 valence electrons. The summed E-state index contributed by atoms with van der Waals surface area (Å²) in [6, 6.07) is 10.1. The quantitative estimate of drug-likeness (QED) is 0.718. The predicted molar refractivity (Wildman–Crippen MR) is 75.5 cm³/mol. The standard InChI is InChI=1S/C16H11F3N2O2/c17-16(18,19)14-8-12(15-20-6-7-22-15)13(9-21-14)23-10-11-4-2-1-3-5-11/h1-9H,10H2. The van der Waals surface area contributed by atoms with Crippen molar-refractivity contribution in [3.8, 4) is 17.2 Å². The second-order valence-electron chi connectivity index (χ2n) is 4.67. The van der Waals surface area contributed by atoms with Gasteiger partial charge in [-0.1, -0.05) is 30.3 Å². The number of oxazole rings is 1. The van der Waals surface area contributed by atoms with Crippen LogP contribution in [0.25, 0.3) is 11.5 Å². The monoisotopic (exact) mass is 320 g/mol. The molecule has 0 amide bonds. The molecule has 3 aromatic rings. The van der Waals surface area contributed by atoms with Crippen LogP contribution >= 0.6 is 0 Å². The van der Waals surface area contributed by atoms with E-state index in [0.29, 0.717) is 0 Å². The van der Waals surface area contributed by atoms with Crippen molar-refractivity contribution in [2.75, 3.05) is 0 Å². The van der Waals surface area contributed by atoms with E-state index < -0.39 is 11.9 Å². The Morgan fingerprint density at radius 3 is 2.52 bits per heavy atom. The number of aromatic nitrogens is 2. The molecule has 0 N–H and O–H groups in total. The Bertz CT molecular complexity index is 772. The van der Waals surface area contributed by atoms with E-state index in [1.807, 2.05) is 30.3 Å². The number of nitrogens with zero attached hydrogens (tertiary/aromatic N) is 2. The highest BCUT2D eigenvalue weighted by molar-refractivity contribution is 5.62. The lowest BCUT2D eigenvalue weighted by atomic mass is 10.2. The number of ether oxygens (including phenoxy) is 1. The number of halogens is 3.